The van der Waals surface area contributed by atoms with Gasteiger partial charge in [-0.15, -0.1) is 0 Å². The van der Waals surface area contributed by atoms with Crippen LogP contribution in [0.15, 0.2) is 23.5 Å². The monoisotopic (exact) mass is 386 g/mol. The Labute approximate surface area is 165 Å². The number of nitrogens with zero attached hydrogens (tertiary/aromatic N) is 6. The molecule has 7 heteroatoms. The van der Waals surface area contributed by atoms with Gasteiger partial charge in [0.15, 0.2) is 5.65 Å². The third-order valence-electron chi connectivity index (χ3n) is 5.99. The van der Waals surface area contributed by atoms with Crippen LogP contribution in [0.4, 0.5) is 0 Å². The predicted octanol–water partition coefficient (Wildman–Crippen LogP) is 4.16. The molecule has 0 spiro atoms. The number of aromatic nitrogens is 4. The summed E-state index contributed by atoms with van der Waals surface area (Å²) in [6, 6.07) is 0.461. The Hall–Kier alpha value is -1.79. The van der Waals surface area contributed by atoms with E-state index in [0.29, 0.717) is 6.04 Å². The Morgan fingerprint density at radius 3 is 2.67 bits per heavy atom. The van der Waals surface area contributed by atoms with Crippen LogP contribution in [0.3, 0.4) is 0 Å². The van der Waals surface area contributed by atoms with Crippen molar-refractivity contribution in [3.63, 3.8) is 0 Å². The molecule has 1 aliphatic heterocycles. The fourth-order valence-electron chi connectivity index (χ4n) is 4.34. The van der Waals surface area contributed by atoms with Crippen molar-refractivity contribution in [3.8, 4) is 0 Å². The fourth-order valence-corrected chi connectivity index (χ4v) is 4.50. The minimum Gasteiger partial charge on any atom is -0.312 e. The van der Waals surface area contributed by atoms with Crippen molar-refractivity contribution in [2.24, 2.45) is 4.99 Å². The minimum absolute atomic E-state index is 0.273. The van der Waals surface area contributed by atoms with E-state index in [-0.39, 0.29) is 5.28 Å². The van der Waals surface area contributed by atoms with E-state index < -0.39 is 5.54 Å². The summed E-state index contributed by atoms with van der Waals surface area (Å²) in [7, 11) is 0. The van der Waals surface area contributed by atoms with Crippen LogP contribution >= 0.6 is 11.6 Å². The molecule has 6 nitrogen and oxygen atoms in total. The molecule has 27 heavy (non-hydrogen) atoms. The first kappa shape index (κ1) is 18.6. The van der Waals surface area contributed by atoms with Gasteiger partial charge in [-0.2, -0.15) is 4.98 Å². The molecule has 0 aromatic carbocycles. The molecule has 0 radical (unpaired) electrons. The van der Waals surface area contributed by atoms with Crippen LogP contribution in [0.25, 0.3) is 11.2 Å². The highest BCUT2D eigenvalue weighted by molar-refractivity contribution is 6.28. The van der Waals surface area contributed by atoms with Gasteiger partial charge in [0.2, 0.25) is 5.28 Å². The first-order valence-corrected chi connectivity index (χ1v) is 10.4. The fraction of sp³-hybridized carbons (Fsp3) is 0.600. The third kappa shape index (κ3) is 3.41. The third-order valence-corrected chi connectivity index (χ3v) is 6.16. The van der Waals surface area contributed by atoms with Crippen molar-refractivity contribution in [2.45, 2.75) is 57.5 Å². The molecule has 2 aromatic heterocycles. The zero-order valence-corrected chi connectivity index (χ0v) is 16.9. The number of rotatable bonds is 7. The topological polar surface area (TPSA) is 59.2 Å². The molecular weight excluding hydrogens is 360 g/mol. The predicted molar refractivity (Wildman–Crippen MR) is 110 cm³/mol. The van der Waals surface area contributed by atoms with Gasteiger partial charge >= 0.3 is 0 Å². The van der Waals surface area contributed by atoms with Gasteiger partial charge in [0.25, 0.3) is 0 Å². The minimum atomic E-state index is -0.512. The lowest BCUT2D eigenvalue weighted by Crippen LogP contribution is -2.31. The lowest BCUT2D eigenvalue weighted by molar-refractivity contribution is 0.276. The van der Waals surface area contributed by atoms with Crippen molar-refractivity contribution in [1.82, 2.24) is 24.4 Å². The standard InChI is InChI=1S/C20H27ClN6/c1-3-26(4-2)13-11-20(10-7-12-23-20)17-16-18(25-19(21)24-17)27(14-22-16)15-8-5-6-9-15/h7,10,12,14-15H,3-6,8-9,11,13H2,1-2H3. The van der Waals surface area contributed by atoms with Crippen molar-refractivity contribution in [2.75, 3.05) is 19.6 Å². The first-order valence-electron chi connectivity index (χ1n) is 10.0. The van der Waals surface area contributed by atoms with Gasteiger partial charge in [-0.05, 0) is 56.1 Å². The van der Waals surface area contributed by atoms with E-state index in [9.17, 15) is 0 Å². The van der Waals surface area contributed by atoms with Crippen LogP contribution in [0.5, 0.6) is 0 Å². The summed E-state index contributed by atoms with van der Waals surface area (Å²) in [5.74, 6) is 0. The molecule has 3 heterocycles. The van der Waals surface area contributed by atoms with E-state index in [1.54, 1.807) is 0 Å². The molecule has 1 aliphatic carbocycles. The number of halogens is 1. The average molecular weight is 387 g/mol. The summed E-state index contributed by atoms with van der Waals surface area (Å²) in [5.41, 5.74) is 1.98. The maximum Gasteiger partial charge on any atom is 0.224 e. The maximum absolute atomic E-state index is 6.37. The van der Waals surface area contributed by atoms with Gasteiger partial charge in [0.05, 0.1) is 6.33 Å². The van der Waals surface area contributed by atoms with Crippen LogP contribution in [-0.2, 0) is 5.54 Å². The normalized spacial score (nSPS) is 22.7. The molecule has 0 saturated heterocycles. The first-order chi connectivity index (χ1) is 13.2. The molecule has 0 bridgehead atoms. The van der Waals surface area contributed by atoms with Gasteiger partial charge in [0, 0.05) is 18.8 Å². The number of hydrogen-bond acceptors (Lipinski definition) is 5. The molecule has 2 aromatic rings. The quantitative estimate of drug-likeness (QED) is 0.670. The smallest absolute Gasteiger partial charge is 0.224 e. The summed E-state index contributed by atoms with van der Waals surface area (Å²) >= 11 is 6.37. The second-order valence-electron chi connectivity index (χ2n) is 7.44. The number of imidazole rings is 1. The van der Waals surface area contributed by atoms with Gasteiger partial charge in [-0.1, -0.05) is 26.7 Å². The number of allylic oxidation sites excluding steroid dienone is 1. The largest absolute Gasteiger partial charge is 0.312 e. The molecule has 1 fully saturated rings. The summed E-state index contributed by atoms with van der Waals surface area (Å²) < 4.78 is 2.19. The molecule has 2 aliphatic rings. The van der Waals surface area contributed by atoms with Crippen LogP contribution in [0, 0.1) is 0 Å². The Morgan fingerprint density at radius 2 is 2.00 bits per heavy atom. The summed E-state index contributed by atoms with van der Waals surface area (Å²) in [6.07, 6.45) is 13.6. The Kier molecular flexibility index (Phi) is 5.28. The van der Waals surface area contributed by atoms with Crippen molar-refractivity contribution < 1.29 is 0 Å². The van der Waals surface area contributed by atoms with Gasteiger partial charge in [-0.3, -0.25) is 4.99 Å². The highest BCUT2D eigenvalue weighted by atomic mass is 35.5. The molecule has 1 saturated carbocycles. The number of aliphatic imine (C=N–C) groups is 1. The molecule has 144 valence electrons. The van der Waals surface area contributed by atoms with E-state index in [4.69, 9.17) is 21.6 Å². The molecule has 0 amide bonds. The van der Waals surface area contributed by atoms with E-state index in [0.717, 1.165) is 42.9 Å². The molecule has 4 rings (SSSR count). The number of hydrogen-bond donors (Lipinski definition) is 0. The lowest BCUT2D eigenvalue weighted by Gasteiger charge is -2.27. The molecule has 0 N–H and O–H groups in total. The second kappa shape index (κ2) is 7.68. The summed E-state index contributed by atoms with van der Waals surface area (Å²) in [4.78, 5) is 21.1. The number of fused-ring (bicyclic) bond motifs is 1. The van der Waals surface area contributed by atoms with Crippen molar-refractivity contribution >= 4 is 29.0 Å². The Bertz CT molecular complexity index is 849. The van der Waals surface area contributed by atoms with Crippen molar-refractivity contribution in [3.05, 3.63) is 29.5 Å². The lowest BCUT2D eigenvalue weighted by atomic mass is 9.91. The van der Waals surface area contributed by atoms with Crippen LogP contribution in [0.2, 0.25) is 5.28 Å². The molecular formula is C20H27ClN6. The van der Waals surface area contributed by atoms with Crippen LogP contribution in [0.1, 0.15) is 57.7 Å². The Balaban J connectivity index is 1.76. The Morgan fingerprint density at radius 1 is 1.22 bits per heavy atom. The van der Waals surface area contributed by atoms with E-state index >= 15 is 0 Å². The van der Waals surface area contributed by atoms with Crippen molar-refractivity contribution in [1.29, 1.82) is 0 Å². The van der Waals surface area contributed by atoms with Gasteiger partial charge in [0.1, 0.15) is 16.7 Å². The van der Waals surface area contributed by atoms with Gasteiger partial charge < -0.3 is 9.47 Å². The van der Waals surface area contributed by atoms with E-state index in [1.165, 1.54) is 25.7 Å². The van der Waals surface area contributed by atoms with Crippen LogP contribution in [-0.4, -0.2) is 50.3 Å². The zero-order chi connectivity index (χ0) is 18.9. The molecule has 1 unspecified atom stereocenters. The van der Waals surface area contributed by atoms with E-state index in [1.807, 2.05) is 18.6 Å². The van der Waals surface area contributed by atoms with Gasteiger partial charge in [-0.25, -0.2) is 9.97 Å². The summed E-state index contributed by atoms with van der Waals surface area (Å²) in [6.45, 7) is 7.37. The average Bonchev–Trinajstić information content (AvgIpc) is 3.42. The van der Waals surface area contributed by atoms with Crippen LogP contribution < -0.4 is 0 Å². The highest BCUT2D eigenvalue weighted by Crippen LogP contribution is 2.38. The SMILES string of the molecule is CCN(CC)CCC1(c2nc(Cl)nc3c2ncn3C2CCCC2)C=CC=N1. The molecule has 1 atom stereocenters. The second-order valence-corrected chi connectivity index (χ2v) is 7.78. The zero-order valence-electron chi connectivity index (χ0n) is 16.1. The maximum atomic E-state index is 6.37. The summed E-state index contributed by atoms with van der Waals surface area (Å²) in [5, 5.41) is 0.273. The highest BCUT2D eigenvalue weighted by Gasteiger charge is 2.36. The van der Waals surface area contributed by atoms with E-state index in [2.05, 4.69) is 39.4 Å².